The van der Waals surface area contributed by atoms with Gasteiger partial charge < -0.3 is 4.90 Å². The Morgan fingerprint density at radius 3 is 2.50 bits per heavy atom. The first-order chi connectivity index (χ1) is 7.70. The monoisotopic (exact) mass is 221 g/mol. The van der Waals surface area contributed by atoms with Gasteiger partial charge in [-0.05, 0) is 32.2 Å². The minimum absolute atomic E-state index is 0.123. The summed E-state index contributed by atoms with van der Waals surface area (Å²) in [5, 5.41) is 9.54. The molecule has 3 nitrogen and oxygen atoms in total. The molecule has 2 rings (SSSR count). The van der Waals surface area contributed by atoms with Crippen LogP contribution in [0.5, 0.6) is 0 Å². The van der Waals surface area contributed by atoms with Crippen molar-refractivity contribution in [2.24, 2.45) is 5.92 Å². The van der Waals surface area contributed by atoms with Crippen molar-refractivity contribution >= 4 is 0 Å². The predicted octanol–water partition coefficient (Wildman–Crippen LogP) is 1.71. The number of rotatable bonds is 2. The van der Waals surface area contributed by atoms with E-state index in [1.54, 1.807) is 0 Å². The van der Waals surface area contributed by atoms with Gasteiger partial charge in [-0.3, -0.25) is 4.90 Å². The van der Waals surface area contributed by atoms with E-state index in [0.29, 0.717) is 0 Å². The number of nitrogens with zero attached hydrogens (tertiary/aromatic N) is 3. The SMILES string of the molecule is CCC1CCC(C#N)(N2CCN(C)CC2)C1. The van der Waals surface area contributed by atoms with Gasteiger partial charge >= 0.3 is 0 Å². The molecule has 1 saturated heterocycles. The molecule has 1 aliphatic carbocycles. The molecule has 16 heavy (non-hydrogen) atoms. The lowest BCUT2D eigenvalue weighted by Gasteiger charge is -2.41. The molecule has 0 spiro atoms. The molecular weight excluding hydrogens is 198 g/mol. The molecule has 1 aliphatic heterocycles. The van der Waals surface area contributed by atoms with Gasteiger partial charge in [-0.1, -0.05) is 13.3 Å². The number of likely N-dealkylation sites (N-methyl/N-ethyl adjacent to an activating group) is 1. The lowest BCUT2D eigenvalue weighted by atomic mass is 9.93. The molecule has 1 saturated carbocycles. The summed E-state index contributed by atoms with van der Waals surface area (Å²) in [6, 6.07) is 2.63. The lowest BCUT2D eigenvalue weighted by Crippen LogP contribution is -2.54. The zero-order chi connectivity index (χ0) is 11.6. The van der Waals surface area contributed by atoms with Gasteiger partial charge in [0.05, 0.1) is 6.07 Å². The first-order valence-corrected chi connectivity index (χ1v) is 6.55. The smallest absolute Gasteiger partial charge is 0.109 e. The Morgan fingerprint density at radius 1 is 1.31 bits per heavy atom. The van der Waals surface area contributed by atoms with Crippen molar-refractivity contribution in [3.05, 3.63) is 0 Å². The molecule has 0 radical (unpaired) electrons. The summed E-state index contributed by atoms with van der Waals surface area (Å²) >= 11 is 0. The molecule has 2 atom stereocenters. The lowest BCUT2D eigenvalue weighted by molar-refractivity contribution is 0.0744. The number of nitriles is 1. The first-order valence-electron chi connectivity index (χ1n) is 6.55. The second kappa shape index (κ2) is 4.73. The number of hydrogen-bond acceptors (Lipinski definition) is 3. The second-order valence-electron chi connectivity index (χ2n) is 5.45. The van der Waals surface area contributed by atoms with E-state index >= 15 is 0 Å². The van der Waals surface area contributed by atoms with E-state index in [1.807, 2.05) is 0 Å². The van der Waals surface area contributed by atoms with Crippen molar-refractivity contribution in [3.63, 3.8) is 0 Å². The fourth-order valence-corrected chi connectivity index (χ4v) is 3.17. The van der Waals surface area contributed by atoms with Gasteiger partial charge in [0.2, 0.25) is 0 Å². The van der Waals surface area contributed by atoms with Crippen molar-refractivity contribution in [1.82, 2.24) is 9.80 Å². The van der Waals surface area contributed by atoms with Crippen molar-refractivity contribution in [2.75, 3.05) is 33.2 Å². The third-order valence-electron chi connectivity index (χ3n) is 4.49. The van der Waals surface area contributed by atoms with Crippen molar-refractivity contribution in [2.45, 2.75) is 38.1 Å². The maximum absolute atomic E-state index is 9.54. The van der Waals surface area contributed by atoms with Crippen LogP contribution in [0.1, 0.15) is 32.6 Å². The van der Waals surface area contributed by atoms with Gasteiger partial charge in [0.25, 0.3) is 0 Å². The fourth-order valence-electron chi connectivity index (χ4n) is 3.17. The van der Waals surface area contributed by atoms with Gasteiger partial charge in [0.15, 0.2) is 0 Å². The van der Waals surface area contributed by atoms with Crippen LogP contribution >= 0.6 is 0 Å². The van der Waals surface area contributed by atoms with Crippen LogP contribution < -0.4 is 0 Å². The molecule has 3 heteroatoms. The quantitative estimate of drug-likeness (QED) is 0.711. The van der Waals surface area contributed by atoms with Crippen molar-refractivity contribution in [1.29, 1.82) is 5.26 Å². The largest absolute Gasteiger partial charge is 0.304 e. The van der Waals surface area contributed by atoms with E-state index in [-0.39, 0.29) is 5.54 Å². The highest BCUT2D eigenvalue weighted by Crippen LogP contribution is 2.40. The van der Waals surface area contributed by atoms with Gasteiger partial charge in [0, 0.05) is 26.2 Å². The molecule has 0 aromatic rings. The Hall–Kier alpha value is -0.590. The Kier molecular flexibility index (Phi) is 3.51. The Bertz CT molecular complexity index is 275. The molecule has 0 aromatic heterocycles. The first kappa shape index (κ1) is 11.9. The predicted molar refractivity (Wildman–Crippen MR) is 65.0 cm³/mol. The molecule has 2 unspecified atom stereocenters. The third kappa shape index (κ3) is 2.09. The van der Waals surface area contributed by atoms with Crippen LogP contribution in [0.2, 0.25) is 0 Å². The minimum Gasteiger partial charge on any atom is -0.304 e. The average Bonchev–Trinajstić information content (AvgIpc) is 2.75. The summed E-state index contributed by atoms with van der Waals surface area (Å²) in [4.78, 5) is 4.80. The average molecular weight is 221 g/mol. The molecule has 1 heterocycles. The highest BCUT2D eigenvalue weighted by Gasteiger charge is 2.44. The van der Waals surface area contributed by atoms with Crippen molar-refractivity contribution in [3.8, 4) is 6.07 Å². The molecule has 0 amide bonds. The van der Waals surface area contributed by atoms with Crippen LogP contribution in [0, 0.1) is 17.2 Å². The van der Waals surface area contributed by atoms with E-state index in [1.165, 1.54) is 12.8 Å². The van der Waals surface area contributed by atoms with E-state index in [2.05, 4.69) is 29.8 Å². The van der Waals surface area contributed by atoms with E-state index in [4.69, 9.17) is 0 Å². The van der Waals surface area contributed by atoms with Crippen LogP contribution in [0.25, 0.3) is 0 Å². The summed E-state index contributed by atoms with van der Waals surface area (Å²) in [5.41, 5.74) is -0.123. The zero-order valence-corrected chi connectivity index (χ0v) is 10.6. The highest BCUT2D eigenvalue weighted by molar-refractivity contribution is 5.13. The molecule has 2 aliphatic rings. The third-order valence-corrected chi connectivity index (χ3v) is 4.49. The van der Waals surface area contributed by atoms with Crippen LogP contribution in [0.15, 0.2) is 0 Å². The summed E-state index contributed by atoms with van der Waals surface area (Å²) in [6.07, 6.45) is 4.67. The summed E-state index contributed by atoms with van der Waals surface area (Å²) in [7, 11) is 2.17. The normalized spacial score (nSPS) is 37.4. The Balaban J connectivity index is 2.03. The maximum atomic E-state index is 9.54. The number of piperazine rings is 1. The summed E-state index contributed by atoms with van der Waals surface area (Å²) in [5.74, 6) is 0.777. The molecule has 0 aromatic carbocycles. The van der Waals surface area contributed by atoms with Crippen molar-refractivity contribution < 1.29 is 0 Å². The minimum atomic E-state index is -0.123. The second-order valence-corrected chi connectivity index (χ2v) is 5.45. The molecule has 0 N–H and O–H groups in total. The van der Waals surface area contributed by atoms with E-state index in [9.17, 15) is 5.26 Å². The molecule has 0 bridgehead atoms. The van der Waals surface area contributed by atoms with Crippen LogP contribution in [0.3, 0.4) is 0 Å². The van der Waals surface area contributed by atoms with Gasteiger partial charge in [-0.25, -0.2) is 0 Å². The summed E-state index contributed by atoms with van der Waals surface area (Å²) < 4.78 is 0. The molecular formula is C13H23N3. The van der Waals surface area contributed by atoms with Gasteiger partial charge in [-0.2, -0.15) is 5.26 Å². The topological polar surface area (TPSA) is 30.3 Å². The molecule has 2 fully saturated rings. The summed E-state index contributed by atoms with van der Waals surface area (Å²) in [6.45, 7) is 6.61. The van der Waals surface area contributed by atoms with Crippen LogP contribution in [-0.2, 0) is 0 Å². The van der Waals surface area contributed by atoms with E-state index in [0.717, 1.165) is 44.9 Å². The number of hydrogen-bond donors (Lipinski definition) is 0. The van der Waals surface area contributed by atoms with E-state index < -0.39 is 0 Å². The molecule has 90 valence electrons. The van der Waals surface area contributed by atoms with Crippen LogP contribution in [0.4, 0.5) is 0 Å². The van der Waals surface area contributed by atoms with Gasteiger partial charge in [0.1, 0.15) is 5.54 Å². The van der Waals surface area contributed by atoms with Crippen LogP contribution in [-0.4, -0.2) is 48.6 Å². The Labute approximate surface area is 99.0 Å². The Morgan fingerprint density at radius 2 is 2.00 bits per heavy atom. The zero-order valence-electron chi connectivity index (χ0n) is 10.6. The fraction of sp³-hybridized carbons (Fsp3) is 0.923. The maximum Gasteiger partial charge on any atom is 0.109 e. The van der Waals surface area contributed by atoms with Gasteiger partial charge in [-0.15, -0.1) is 0 Å². The highest BCUT2D eigenvalue weighted by atomic mass is 15.3. The standard InChI is InChI=1S/C13H23N3/c1-3-12-4-5-13(10-12,11-14)16-8-6-15(2)7-9-16/h12H,3-10H2,1-2H3.